The fourth-order valence-corrected chi connectivity index (χ4v) is 2.36. The van der Waals surface area contributed by atoms with Crippen LogP contribution in [-0.2, 0) is 0 Å². The predicted octanol–water partition coefficient (Wildman–Crippen LogP) is 4.18. The van der Waals surface area contributed by atoms with Crippen molar-refractivity contribution >= 4 is 17.4 Å². The van der Waals surface area contributed by atoms with Crippen molar-refractivity contribution in [3.63, 3.8) is 0 Å². The van der Waals surface area contributed by atoms with Gasteiger partial charge in [0, 0.05) is 6.04 Å². The molecule has 1 atom stereocenters. The molecule has 2 aromatic carbocycles. The number of rotatable bonds is 5. The lowest BCUT2D eigenvalue weighted by Crippen LogP contribution is -2.16. The van der Waals surface area contributed by atoms with Crippen molar-refractivity contribution in [1.29, 1.82) is 0 Å². The largest absolute Gasteiger partial charge is 0.362 e. The first-order chi connectivity index (χ1) is 12.5. The number of aromatic nitrogens is 2. The summed E-state index contributed by atoms with van der Waals surface area (Å²) >= 11 is 0. The van der Waals surface area contributed by atoms with Crippen LogP contribution in [0.1, 0.15) is 29.0 Å². The number of para-hydroxylation sites is 1. The zero-order valence-corrected chi connectivity index (χ0v) is 13.9. The molecule has 1 aromatic heterocycles. The molecule has 3 aromatic rings. The minimum absolute atomic E-state index is 0.00214. The third-order valence-electron chi connectivity index (χ3n) is 3.75. The normalized spacial score (nSPS) is 11.7. The predicted molar refractivity (Wildman–Crippen MR) is 94.8 cm³/mol. The van der Waals surface area contributed by atoms with Gasteiger partial charge in [0.2, 0.25) is 0 Å². The summed E-state index contributed by atoms with van der Waals surface area (Å²) in [5.41, 5.74) is 0.510. The minimum atomic E-state index is -0.860. The van der Waals surface area contributed by atoms with Crippen molar-refractivity contribution in [3.05, 3.63) is 83.8 Å². The molecule has 0 saturated heterocycles. The van der Waals surface area contributed by atoms with E-state index in [0.717, 1.165) is 17.7 Å². The van der Waals surface area contributed by atoms with Gasteiger partial charge in [-0.25, -0.2) is 18.7 Å². The molecule has 26 heavy (non-hydrogen) atoms. The summed E-state index contributed by atoms with van der Waals surface area (Å²) in [7, 11) is 0. The molecular weight excluding hydrogens is 338 g/mol. The van der Waals surface area contributed by atoms with E-state index in [1.165, 1.54) is 18.5 Å². The molecule has 0 fully saturated rings. The third-order valence-corrected chi connectivity index (χ3v) is 3.75. The number of halogens is 2. The van der Waals surface area contributed by atoms with Gasteiger partial charge in [-0.15, -0.1) is 0 Å². The maximum Gasteiger partial charge on any atom is 0.276 e. The van der Waals surface area contributed by atoms with E-state index in [9.17, 15) is 13.6 Å². The van der Waals surface area contributed by atoms with Crippen molar-refractivity contribution < 1.29 is 13.6 Å². The van der Waals surface area contributed by atoms with Crippen molar-refractivity contribution in [2.45, 2.75) is 13.0 Å². The Morgan fingerprint density at radius 3 is 2.27 bits per heavy atom. The molecule has 0 saturated carbocycles. The average Bonchev–Trinajstić information content (AvgIpc) is 2.66. The zero-order chi connectivity index (χ0) is 18.5. The van der Waals surface area contributed by atoms with Crippen LogP contribution in [-0.4, -0.2) is 15.9 Å². The lowest BCUT2D eigenvalue weighted by atomic mass is 10.1. The van der Waals surface area contributed by atoms with Gasteiger partial charge >= 0.3 is 0 Å². The van der Waals surface area contributed by atoms with Crippen LogP contribution in [0.2, 0.25) is 0 Å². The molecule has 0 spiro atoms. The highest BCUT2D eigenvalue weighted by Crippen LogP contribution is 2.19. The average molecular weight is 354 g/mol. The monoisotopic (exact) mass is 354 g/mol. The van der Waals surface area contributed by atoms with Crippen LogP contribution >= 0.6 is 0 Å². The Morgan fingerprint density at radius 1 is 0.962 bits per heavy atom. The standard InChI is InChI=1S/C19H16F2N4O/c1-12(13-6-3-2-4-7-13)24-17-11-22-16(10-23-17)19(26)25-18-14(20)8-5-9-15(18)21/h2-12H,1H3,(H,23,24)(H,25,26). The molecule has 7 heteroatoms. The first kappa shape index (κ1) is 17.5. The Balaban J connectivity index is 1.68. The molecule has 1 unspecified atom stereocenters. The minimum Gasteiger partial charge on any atom is -0.362 e. The highest BCUT2D eigenvalue weighted by molar-refractivity contribution is 6.02. The number of benzene rings is 2. The van der Waals surface area contributed by atoms with Crippen LogP contribution in [0.25, 0.3) is 0 Å². The number of nitrogens with zero attached hydrogens (tertiary/aromatic N) is 2. The SMILES string of the molecule is CC(Nc1cnc(C(=O)Nc2c(F)cccc2F)cn1)c1ccccc1. The summed E-state index contributed by atoms with van der Waals surface area (Å²) in [6.07, 6.45) is 2.64. The Morgan fingerprint density at radius 2 is 1.65 bits per heavy atom. The Kier molecular flexibility index (Phi) is 5.17. The quantitative estimate of drug-likeness (QED) is 0.721. The number of amides is 1. The Hall–Kier alpha value is -3.35. The van der Waals surface area contributed by atoms with Crippen LogP contribution in [0.4, 0.5) is 20.3 Å². The van der Waals surface area contributed by atoms with Crippen LogP contribution in [0, 0.1) is 11.6 Å². The maximum absolute atomic E-state index is 13.6. The molecule has 1 heterocycles. The Bertz CT molecular complexity index is 881. The molecule has 1 amide bonds. The molecule has 3 rings (SSSR count). The number of hydrogen-bond donors (Lipinski definition) is 2. The summed E-state index contributed by atoms with van der Waals surface area (Å²) in [4.78, 5) is 20.2. The summed E-state index contributed by atoms with van der Waals surface area (Å²) in [5, 5.41) is 5.34. The van der Waals surface area contributed by atoms with E-state index in [0.29, 0.717) is 5.82 Å². The second-order valence-electron chi connectivity index (χ2n) is 5.61. The zero-order valence-electron chi connectivity index (χ0n) is 13.9. The van der Waals surface area contributed by atoms with Gasteiger partial charge in [0.15, 0.2) is 0 Å². The summed E-state index contributed by atoms with van der Waals surface area (Å²) in [5.74, 6) is -1.98. The molecule has 0 aliphatic carbocycles. The summed E-state index contributed by atoms with van der Waals surface area (Å²) < 4.78 is 27.2. The van der Waals surface area contributed by atoms with Crippen LogP contribution in [0.3, 0.4) is 0 Å². The molecule has 132 valence electrons. The van der Waals surface area contributed by atoms with Gasteiger partial charge in [-0.3, -0.25) is 4.79 Å². The topological polar surface area (TPSA) is 66.9 Å². The van der Waals surface area contributed by atoms with Gasteiger partial charge in [0.25, 0.3) is 5.91 Å². The van der Waals surface area contributed by atoms with Gasteiger partial charge in [-0.2, -0.15) is 0 Å². The van der Waals surface area contributed by atoms with Crippen molar-refractivity contribution in [1.82, 2.24) is 9.97 Å². The van der Waals surface area contributed by atoms with E-state index in [1.54, 1.807) is 0 Å². The van der Waals surface area contributed by atoms with E-state index in [-0.39, 0.29) is 11.7 Å². The van der Waals surface area contributed by atoms with Crippen molar-refractivity contribution in [2.75, 3.05) is 10.6 Å². The molecule has 0 aliphatic rings. The number of nitrogens with one attached hydrogen (secondary N) is 2. The molecular formula is C19H16F2N4O. The number of carbonyl (C=O) groups is 1. The van der Waals surface area contributed by atoms with Crippen LogP contribution in [0.5, 0.6) is 0 Å². The van der Waals surface area contributed by atoms with Crippen molar-refractivity contribution in [2.24, 2.45) is 0 Å². The highest BCUT2D eigenvalue weighted by Gasteiger charge is 2.15. The van der Waals surface area contributed by atoms with Gasteiger partial charge in [-0.1, -0.05) is 36.4 Å². The number of anilines is 2. The van der Waals surface area contributed by atoms with E-state index in [4.69, 9.17) is 0 Å². The van der Waals surface area contributed by atoms with Crippen LogP contribution < -0.4 is 10.6 Å². The maximum atomic E-state index is 13.6. The molecule has 0 bridgehead atoms. The number of carbonyl (C=O) groups excluding carboxylic acids is 1. The fraction of sp³-hybridized carbons (Fsp3) is 0.105. The summed E-state index contributed by atoms with van der Waals surface area (Å²) in [6, 6.07) is 13.1. The van der Waals surface area contributed by atoms with E-state index in [1.807, 2.05) is 37.3 Å². The van der Waals surface area contributed by atoms with Gasteiger partial charge in [0.1, 0.15) is 28.8 Å². The first-order valence-corrected chi connectivity index (χ1v) is 7.93. The molecule has 5 nitrogen and oxygen atoms in total. The van der Waals surface area contributed by atoms with Gasteiger partial charge in [-0.05, 0) is 24.6 Å². The fourth-order valence-electron chi connectivity index (χ4n) is 2.36. The Labute approximate surface area is 149 Å². The van der Waals surface area contributed by atoms with Gasteiger partial charge < -0.3 is 10.6 Å². The smallest absolute Gasteiger partial charge is 0.276 e. The molecule has 2 N–H and O–H groups in total. The lowest BCUT2D eigenvalue weighted by molar-refractivity contribution is 0.102. The van der Waals surface area contributed by atoms with E-state index < -0.39 is 23.2 Å². The summed E-state index contributed by atoms with van der Waals surface area (Å²) in [6.45, 7) is 1.97. The van der Waals surface area contributed by atoms with Crippen LogP contribution in [0.15, 0.2) is 60.9 Å². The third kappa shape index (κ3) is 4.00. The first-order valence-electron chi connectivity index (χ1n) is 7.93. The van der Waals surface area contributed by atoms with Crippen molar-refractivity contribution in [3.8, 4) is 0 Å². The second-order valence-corrected chi connectivity index (χ2v) is 5.61. The number of hydrogen-bond acceptors (Lipinski definition) is 4. The second kappa shape index (κ2) is 7.69. The van der Waals surface area contributed by atoms with E-state index in [2.05, 4.69) is 20.6 Å². The highest BCUT2D eigenvalue weighted by atomic mass is 19.1. The van der Waals surface area contributed by atoms with Gasteiger partial charge in [0.05, 0.1) is 12.4 Å². The lowest BCUT2D eigenvalue weighted by Gasteiger charge is -2.14. The van der Waals surface area contributed by atoms with E-state index >= 15 is 0 Å². The molecule has 0 aliphatic heterocycles. The molecule has 0 radical (unpaired) electrons.